The average molecular weight is 534 g/mol. The van der Waals surface area contributed by atoms with Crippen molar-refractivity contribution in [1.29, 1.82) is 0 Å². The highest BCUT2D eigenvalue weighted by Gasteiger charge is 2.29. The molecule has 1 aliphatic heterocycles. The van der Waals surface area contributed by atoms with Crippen LogP contribution in [0, 0.1) is 41.5 Å². The number of aryl methyl sites for hydroxylation is 6. The Morgan fingerprint density at radius 3 is 2.02 bits per heavy atom. The van der Waals surface area contributed by atoms with Crippen LogP contribution >= 0.6 is 0 Å². The fraction of sp³-hybridized carbons (Fsp3) is 0.154. The van der Waals surface area contributed by atoms with Gasteiger partial charge in [-0.2, -0.15) is 4.57 Å². The maximum absolute atomic E-state index is 2.31. The van der Waals surface area contributed by atoms with E-state index in [4.69, 9.17) is 0 Å². The minimum atomic E-state index is 1.21. The van der Waals surface area contributed by atoms with Gasteiger partial charge in [-0.1, -0.05) is 65.8 Å². The molecule has 0 radical (unpaired) electrons. The molecule has 0 N–H and O–H groups in total. The first kappa shape index (κ1) is 26.5. The van der Waals surface area contributed by atoms with Gasteiger partial charge in [0, 0.05) is 35.5 Å². The van der Waals surface area contributed by atoms with Crippen LogP contribution in [0.5, 0.6) is 0 Å². The van der Waals surface area contributed by atoms with E-state index in [-0.39, 0.29) is 0 Å². The Labute approximate surface area is 243 Å². The van der Waals surface area contributed by atoms with E-state index in [2.05, 4.69) is 166 Å². The number of fused-ring (bicyclic) bond motifs is 2. The quantitative estimate of drug-likeness (QED) is 0.157. The molecule has 0 spiro atoms. The molecule has 0 bridgehead atoms. The maximum Gasteiger partial charge on any atom is 0.219 e. The highest BCUT2D eigenvalue weighted by molar-refractivity contribution is 5.85. The Kier molecular flexibility index (Phi) is 6.93. The molecule has 0 aliphatic carbocycles. The van der Waals surface area contributed by atoms with Crippen LogP contribution in [-0.2, 0) is 0 Å². The maximum atomic E-state index is 2.31. The highest BCUT2D eigenvalue weighted by atomic mass is 15.0. The standard InChI is InChI=1S/C39H37N2/c1-26-20-28(3)38(29(4)21-26)36-24-32(34-16-10-12-18-40(34)36)14-8-7-9-15-33-25-37(41-19-13-11-17-35(33)41)39-30(5)22-27(2)23-31(39)6/h7-25H,1-6H3/q+1. The van der Waals surface area contributed by atoms with Crippen LogP contribution < -0.4 is 4.57 Å². The van der Waals surface area contributed by atoms with Crippen molar-refractivity contribution in [2.24, 2.45) is 0 Å². The molecule has 3 aromatic heterocycles. The Balaban J connectivity index is 1.33. The Hall–Kier alpha value is -4.69. The summed E-state index contributed by atoms with van der Waals surface area (Å²) >= 11 is 0. The number of benzene rings is 2. The summed E-state index contributed by atoms with van der Waals surface area (Å²) in [5.74, 6) is 0. The van der Waals surface area contributed by atoms with E-state index in [1.807, 2.05) is 0 Å². The second-order valence-electron chi connectivity index (χ2n) is 11.3. The molecule has 6 rings (SSSR count). The fourth-order valence-electron chi connectivity index (χ4n) is 6.56. The lowest BCUT2D eigenvalue weighted by Gasteiger charge is -2.11. The molecular weight excluding hydrogens is 496 g/mol. The zero-order valence-electron chi connectivity index (χ0n) is 24.9. The third-order valence-electron chi connectivity index (χ3n) is 8.05. The minimum Gasteiger partial charge on any atom is -0.316 e. The summed E-state index contributed by atoms with van der Waals surface area (Å²) in [6, 6.07) is 24.2. The summed E-state index contributed by atoms with van der Waals surface area (Å²) in [5.41, 5.74) is 17.8. The van der Waals surface area contributed by atoms with Crippen LogP contribution in [0.15, 0.2) is 110 Å². The second kappa shape index (κ2) is 10.7. The summed E-state index contributed by atoms with van der Waals surface area (Å²) in [4.78, 5) is 0. The van der Waals surface area contributed by atoms with E-state index in [1.165, 1.54) is 78.2 Å². The zero-order valence-corrected chi connectivity index (χ0v) is 24.9. The van der Waals surface area contributed by atoms with E-state index in [1.54, 1.807) is 0 Å². The van der Waals surface area contributed by atoms with Crippen molar-refractivity contribution in [2.45, 2.75) is 41.5 Å². The first-order valence-electron chi connectivity index (χ1n) is 14.4. The van der Waals surface area contributed by atoms with Gasteiger partial charge in [0.15, 0.2) is 6.20 Å². The predicted octanol–water partition coefficient (Wildman–Crippen LogP) is 9.30. The molecule has 4 heterocycles. The molecule has 0 saturated carbocycles. The second-order valence-corrected chi connectivity index (χ2v) is 11.3. The molecule has 0 unspecified atom stereocenters. The lowest BCUT2D eigenvalue weighted by Crippen LogP contribution is -2.33. The molecule has 0 atom stereocenters. The van der Waals surface area contributed by atoms with Crippen molar-refractivity contribution in [1.82, 2.24) is 4.40 Å². The van der Waals surface area contributed by atoms with Crippen LogP contribution in [-0.4, -0.2) is 4.40 Å². The van der Waals surface area contributed by atoms with E-state index < -0.39 is 0 Å². The predicted molar refractivity (Wildman–Crippen MR) is 174 cm³/mol. The smallest absolute Gasteiger partial charge is 0.219 e. The van der Waals surface area contributed by atoms with E-state index in [9.17, 15) is 0 Å². The Bertz CT molecular complexity index is 1890. The molecule has 2 heteroatoms. The molecule has 2 nitrogen and oxygen atoms in total. The van der Waals surface area contributed by atoms with Gasteiger partial charge in [-0.05, 0) is 94.1 Å². The molecule has 0 fully saturated rings. The minimum absolute atomic E-state index is 1.21. The molecule has 5 aromatic rings. The third kappa shape index (κ3) is 4.91. The summed E-state index contributed by atoms with van der Waals surface area (Å²) in [6.45, 7) is 13.2. The van der Waals surface area contributed by atoms with Gasteiger partial charge >= 0.3 is 0 Å². The summed E-state index contributed by atoms with van der Waals surface area (Å²) in [5, 5.41) is 0. The molecule has 202 valence electrons. The van der Waals surface area contributed by atoms with Gasteiger partial charge < -0.3 is 4.40 Å². The van der Waals surface area contributed by atoms with Crippen molar-refractivity contribution >= 4 is 22.9 Å². The third-order valence-corrected chi connectivity index (χ3v) is 8.05. The number of hydrogen-bond donors (Lipinski definition) is 0. The number of allylic oxidation sites excluding steroid dienone is 6. The van der Waals surface area contributed by atoms with Gasteiger partial charge in [0.25, 0.3) is 0 Å². The Morgan fingerprint density at radius 1 is 0.659 bits per heavy atom. The van der Waals surface area contributed by atoms with E-state index in [0.29, 0.717) is 0 Å². The van der Waals surface area contributed by atoms with Crippen LogP contribution in [0.4, 0.5) is 0 Å². The monoisotopic (exact) mass is 533 g/mol. The van der Waals surface area contributed by atoms with Gasteiger partial charge in [0.05, 0.1) is 22.3 Å². The number of nitrogens with zero attached hydrogens (tertiary/aromatic N) is 2. The van der Waals surface area contributed by atoms with Gasteiger partial charge in [-0.25, -0.2) is 0 Å². The molecule has 0 amide bonds. The molecule has 0 saturated heterocycles. The largest absolute Gasteiger partial charge is 0.316 e. The number of hydrogen-bond acceptors (Lipinski definition) is 0. The molecule has 2 aromatic carbocycles. The number of aromatic nitrogens is 2. The lowest BCUT2D eigenvalue weighted by molar-refractivity contribution is -0.578. The van der Waals surface area contributed by atoms with Crippen molar-refractivity contribution in [3.63, 3.8) is 0 Å². The average Bonchev–Trinajstić information content (AvgIpc) is 3.46. The van der Waals surface area contributed by atoms with Crippen molar-refractivity contribution in [3.8, 4) is 11.3 Å². The van der Waals surface area contributed by atoms with Crippen LogP contribution in [0.25, 0.3) is 34.1 Å². The van der Waals surface area contributed by atoms with Crippen molar-refractivity contribution < 1.29 is 4.57 Å². The number of rotatable bonds is 5. The lowest BCUT2D eigenvalue weighted by atomic mass is 9.97. The van der Waals surface area contributed by atoms with E-state index >= 15 is 0 Å². The first-order chi connectivity index (χ1) is 19.8. The van der Waals surface area contributed by atoms with Gasteiger partial charge in [0.1, 0.15) is 0 Å². The van der Waals surface area contributed by atoms with Crippen LogP contribution in [0.1, 0.15) is 50.2 Å². The normalized spacial score (nSPS) is 14.1. The summed E-state index contributed by atoms with van der Waals surface area (Å²) < 4.78 is 4.62. The highest BCUT2D eigenvalue weighted by Crippen LogP contribution is 2.33. The van der Waals surface area contributed by atoms with E-state index in [0.717, 1.165) is 0 Å². The topological polar surface area (TPSA) is 8.29 Å². The van der Waals surface area contributed by atoms with Crippen LogP contribution in [0.3, 0.4) is 0 Å². The summed E-state index contributed by atoms with van der Waals surface area (Å²) in [7, 11) is 0. The molecule has 1 aliphatic rings. The van der Waals surface area contributed by atoms with Crippen molar-refractivity contribution in [2.75, 3.05) is 0 Å². The summed E-state index contributed by atoms with van der Waals surface area (Å²) in [6.07, 6.45) is 17.5. The first-order valence-corrected chi connectivity index (χ1v) is 14.4. The Morgan fingerprint density at radius 2 is 1.32 bits per heavy atom. The number of pyridine rings is 2. The van der Waals surface area contributed by atoms with Crippen molar-refractivity contribution in [3.05, 3.63) is 160 Å². The fourth-order valence-corrected chi connectivity index (χ4v) is 6.56. The molecular formula is C39H37N2+. The van der Waals surface area contributed by atoms with Gasteiger partial charge in [-0.15, -0.1) is 0 Å². The van der Waals surface area contributed by atoms with Crippen LogP contribution in [0.2, 0.25) is 0 Å². The zero-order chi connectivity index (χ0) is 28.7. The SMILES string of the molecule is Cc1cc(C)c(C2=CC(=CC=CC=Cc3cc(-c4c(C)cc(C)cc4C)n4ccccc34)c3cccc[n+]32)c(C)c1. The molecule has 41 heavy (non-hydrogen) atoms. The van der Waals surface area contributed by atoms with Gasteiger partial charge in [0.2, 0.25) is 11.4 Å². The van der Waals surface area contributed by atoms with Gasteiger partial charge in [-0.3, -0.25) is 0 Å².